The molecule has 1 unspecified atom stereocenters. The molecular weight excluding hydrogens is 206 g/mol. The zero-order valence-electron chi connectivity index (χ0n) is 10.8. The molecule has 0 saturated carbocycles. The molecular formula is C16H21N. The molecule has 0 aliphatic rings. The predicted octanol–water partition coefficient (Wildman–Crippen LogP) is 4.92. The summed E-state index contributed by atoms with van der Waals surface area (Å²) in [6, 6.07) is 10.7. The maximum Gasteiger partial charge on any atom is 0.0512 e. The van der Waals surface area contributed by atoms with Crippen LogP contribution in [-0.4, -0.2) is 4.98 Å². The van der Waals surface area contributed by atoms with Crippen LogP contribution < -0.4 is 0 Å². The number of unbranched alkanes of at least 4 members (excludes halogenated alkanes) is 1. The molecule has 1 atom stereocenters. The molecule has 0 spiro atoms. The van der Waals surface area contributed by atoms with Gasteiger partial charge in [-0.2, -0.15) is 0 Å². The van der Waals surface area contributed by atoms with Gasteiger partial charge < -0.3 is 0 Å². The highest BCUT2D eigenvalue weighted by Crippen LogP contribution is 2.29. The summed E-state index contributed by atoms with van der Waals surface area (Å²) in [5, 5.41) is 2.64. The van der Waals surface area contributed by atoms with Gasteiger partial charge >= 0.3 is 0 Å². The lowest BCUT2D eigenvalue weighted by Gasteiger charge is -2.16. The zero-order valence-corrected chi connectivity index (χ0v) is 10.8. The Morgan fingerprint density at radius 1 is 1.12 bits per heavy atom. The monoisotopic (exact) mass is 227 g/mol. The summed E-state index contributed by atoms with van der Waals surface area (Å²) in [6.45, 7) is 4.52. The SMILES string of the molecule is CCCCC(CC)c1nccc2ccccc12. The van der Waals surface area contributed by atoms with Crippen molar-refractivity contribution in [2.75, 3.05) is 0 Å². The topological polar surface area (TPSA) is 12.9 Å². The molecule has 1 nitrogen and oxygen atoms in total. The second-order valence-electron chi connectivity index (χ2n) is 4.66. The van der Waals surface area contributed by atoms with E-state index >= 15 is 0 Å². The van der Waals surface area contributed by atoms with Crippen LogP contribution in [0.15, 0.2) is 36.5 Å². The Labute approximate surface area is 104 Å². The van der Waals surface area contributed by atoms with Gasteiger partial charge in [-0.05, 0) is 24.3 Å². The molecule has 0 radical (unpaired) electrons. The average Bonchev–Trinajstić information content (AvgIpc) is 2.40. The fourth-order valence-corrected chi connectivity index (χ4v) is 2.45. The van der Waals surface area contributed by atoms with Crippen LogP contribution in [0.2, 0.25) is 0 Å². The van der Waals surface area contributed by atoms with Crippen molar-refractivity contribution < 1.29 is 0 Å². The second kappa shape index (κ2) is 5.81. The molecule has 1 aromatic heterocycles. The summed E-state index contributed by atoms with van der Waals surface area (Å²) in [7, 11) is 0. The van der Waals surface area contributed by atoms with E-state index in [1.165, 1.54) is 42.1 Å². The van der Waals surface area contributed by atoms with E-state index in [1.54, 1.807) is 0 Å². The maximum absolute atomic E-state index is 4.63. The highest BCUT2D eigenvalue weighted by molar-refractivity contribution is 5.84. The number of fused-ring (bicyclic) bond motifs is 1. The van der Waals surface area contributed by atoms with Gasteiger partial charge in [0.15, 0.2) is 0 Å². The lowest BCUT2D eigenvalue weighted by molar-refractivity contribution is 0.561. The maximum atomic E-state index is 4.63. The molecule has 0 N–H and O–H groups in total. The number of pyridine rings is 1. The molecule has 0 saturated heterocycles. The summed E-state index contributed by atoms with van der Waals surface area (Å²) in [4.78, 5) is 4.63. The van der Waals surface area contributed by atoms with Gasteiger partial charge in [-0.25, -0.2) is 0 Å². The molecule has 0 bridgehead atoms. The van der Waals surface area contributed by atoms with Gasteiger partial charge in [-0.15, -0.1) is 0 Å². The summed E-state index contributed by atoms with van der Waals surface area (Å²) < 4.78 is 0. The number of hydrogen-bond acceptors (Lipinski definition) is 1. The summed E-state index contributed by atoms with van der Waals surface area (Å²) in [5.41, 5.74) is 1.29. The Morgan fingerprint density at radius 2 is 1.94 bits per heavy atom. The van der Waals surface area contributed by atoms with Crippen molar-refractivity contribution in [3.05, 3.63) is 42.2 Å². The van der Waals surface area contributed by atoms with Crippen molar-refractivity contribution >= 4 is 10.8 Å². The van der Waals surface area contributed by atoms with Crippen molar-refractivity contribution in [2.45, 2.75) is 45.4 Å². The normalized spacial score (nSPS) is 12.8. The first-order valence-corrected chi connectivity index (χ1v) is 6.70. The summed E-state index contributed by atoms with van der Waals surface area (Å²) in [6.07, 6.45) is 6.95. The van der Waals surface area contributed by atoms with E-state index in [0.29, 0.717) is 5.92 Å². The smallest absolute Gasteiger partial charge is 0.0512 e. The van der Waals surface area contributed by atoms with E-state index in [0.717, 1.165) is 0 Å². The molecule has 0 fully saturated rings. The largest absolute Gasteiger partial charge is 0.260 e. The Hall–Kier alpha value is -1.37. The van der Waals surface area contributed by atoms with E-state index in [4.69, 9.17) is 0 Å². The number of hydrogen-bond donors (Lipinski definition) is 0. The van der Waals surface area contributed by atoms with E-state index in [2.05, 4.69) is 49.2 Å². The van der Waals surface area contributed by atoms with Crippen LogP contribution in [0.25, 0.3) is 10.8 Å². The van der Waals surface area contributed by atoms with Gasteiger partial charge in [0.2, 0.25) is 0 Å². The van der Waals surface area contributed by atoms with Gasteiger partial charge in [0.05, 0.1) is 5.69 Å². The third kappa shape index (κ3) is 2.66. The molecule has 0 aliphatic heterocycles. The van der Waals surface area contributed by atoms with Crippen LogP contribution in [0.4, 0.5) is 0 Å². The van der Waals surface area contributed by atoms with E-state index in [9.17, 15) is 0 Å². The minimum Gasteiger partial charge on any atom is -0.260 e. The average molecular weight is 227 g/mol. The molecule has 0 amide bonds. The standard InChI is InChI=1S/C16H21N/c1-3-5-8-13(4-2)16-15-10-7-6-9-14(15)11-12-17-16/h6-7,9-13H,3-5,8H2,1-2H3. The Balaban J connectivity index is 2.38. The fourth-order valence-electron chi connectivity index (χ4n) is 2.45. The van der Waals surface area contributed by atoms with E-state index in [-0.39, 0.29) is 0 Å². The van der Waals surface area contributed by atoms with Crippen LogP contribution in [0.3, 0.4) is 0 Å². The minimum absolute atomic E-state index is 0.612. The third-order valence-electron chi connectivity index (χ3n) is 3.49. The Kier molecular flexibility index (Phi) is 4.13. The molecule has 17 heavy (non-hydrogen) atoms. The Morgan fingerprint density at radius 3 is 2.71 bits per heavy atom. The van der Waals surface area contributed by atoms with Gasteiger partial charge in [0.1, 0.15) is 0 Å². The fraction of sp³-hybridized carbons (Fsp3) is 0.438. The molecule has 1 aromatic carbocycles. The van der Waals surface area contributed by atoms with Crippen LogP contribution in [-0.2, 0) is 0 Å². The van der Waals surface area contributed by atoms with Gasteiger partial charge in [0, 0.05) is 17.5 Å². The van der Waals surface area contributed by atoms with Gasteiger partial charge in [-0.1, -0.05) is 51.0 Å². The lowest BCUT2D eigenvalue weighted by Crippen LogP contribution is -2.01. The quantitative estimate of drug-likeness (QED) is 0.706. The van der Waals surface area contributed by atoms with Gasteiger partial charge in [-0.3, -0.25) is 4.98 Å². The van der Waals surface area contributed by atoms with Crippen molar-refractivity contribution in [2.24, 2.45) is 0 Å². The first-order chi connectivity index (χ1) is 8.36. The first-order valence-electron chi connectivity index (χ1n) is 6.70. The molecule has 0 aliphatic carbocycles. The van der Waals surface area contributed by atoms with Crippen molar-refractivity contribution in [1.82, 2.24) is 4.98 Å². The molecule has 2 aromatic rings. The van der Waals surface area contributed by atoms with Gasteiger partial charge in [0.25, 0.3) is 0 Å². The summed E-state index contributed by atoms with van der Waals surface area (Å²) >= 11 is 0. The third-order valence-corrected chi connectivity index (χ3v) is 3.49. The molecule has 1 heteroatoms. The molecule has 90 valence electrons. The summed E-state index contributed by atoms with van der Waals surface area (Å²) in [5.74, 6) is 0.612. The van der Waals surface area contributed by atoms with Crippen molar-refractivity contribution in [1.29, 1.82) is 0 Å². The number of aromatic nitrogens is 1. The first kappa shape index (κ1) is 12.1. The Bertz CT molecular complexity index is 470. The van der Waals surface area contributed by atoms with Crippen LogP contribution in [0, 0.1) is 0 Å². The van der Waals surface area contributed by atoms with Crippen molar-refractivity contribution in [3.63, 3.8) is 0 Å². The van der Waals surface area contributed by atoms with Crippen LogP contribution >= 0.6 is 0 Å². The predicted molar refractivity (Wildman–Crippen MR) is 74.3 cm³/mol. The molecule has 2 rings (SSSR count). The lowest BCUT2D eigenvalue weighted by atomic mass is 9.92. The van der Waals surface area contributed by atoms with Crippen LogP contribution in [0.5, 0.6) is 0 Å². The minimum atomic E-state index is 0.612. The highest BCUT2D eigenvalue weighted by Gasteiger charge is 2.13. The van der Waals surface area contributed by atoms with E-state index < -0.39 is 0 Å². The number of nitrogens with zero attached hydrogens (tertiary/aromatic N) is 1. The number of rotatable bonds is 5. The highest BCUT2D eigenvalue weighted by atomic mass is 14.7. The number of benzene rings is 1. The van der Waals surface area contributed by atoms with E-state index in [1.807, 2.05) is 6.20 Å². The van der Waals surface area contributed by atoms with Crippen LogP contribution in [0.1, 0.15) is 51.1 Å². The molecule has 1 heterocycles. The zero-order chi connectivity index (χ0) is 12.1. The second-order valence-corrected chi connectivity index (χ2v) is 4.66. The van der Waals surface area contributed by atoms with Crippen molar-refractivity contribution in [3.8, 4) is 0 Å².